The minimum absolute atomic E-state index is 0.0293. The molecule has 0 spiro atoms. The molecule has 0 aliphatic carbocycles. The number of aromatic nitrogens is 3. The standard InChI is InChI=1S/C19H21BrFN4O9P/c1-9-15-12(11(5-22-9)7-31-10(2)26)6-23-35(30,34-15)32-8-13-16(28)19(20,21)17(33-13)25-4-3-14(27)24-18(25)29/h3-5,13,16-17,28H,6-8H2,1-2H3,(H,23,30)(H,24,27,29)/t13-,16?,17-,19?,35?/m1/s1. The van der Waals surface area contributed by atoms with Gasteiger partial charge in [-0.15, -0.1) is 0 Å². The number of fused-ring (bicyclic) bond motifs is 1. The largest absolute Gasteiger partial charge is 0.461 e. The minimum Gasteiger partial charge on any atom is -0.461 e. The smallest absolute Gasteiger partial charge is 0.459 e. The van der Waals surface area contributed by atoms with Gasteiger partial charge in [0.15, 0.2) is 12.0 Å². The molecule has 13 nitrogen and oxygen atoms in total. The van der Waals surface area contributed by atoms with Crippen LogP contribution in [0.5, 0.6) is 5.75 Å². The van der Waals surface area contributed by atoms with Gasteiger partial charge in [0, 0.05) is 43.1 Å². The molecule has 0 saturated carbocycles. The minimum atomic E-state index is -4.00. The normalized spacial score (nSPS) is 29.9. The van der Waals surface area contributed by atoms with Crippen molar-refractivity contribution in [3.8, 4) is 5.75 Å². The number of aliphatic hydroxyl groups is 1. The summed E-state index contributed by atoms with van der Waals surface area (Å²) in [5.74, 6) is -0.297. The van der Waals surface area contributed by atoms with Crippen LogP contribution >= 0.6 is 23.7 Å². The van der Waals surface area contributed by atoms with Crippen LogP contribution in [0.15, 0.2) is 28.0 Å². The fraction of sp³-hybridized carbons (Fsp3) is 0.474. The van der Waals surface area contributed by atoms with Crippen LogP contribution in [0.2, 0.25) is 0 Å². The Morgan fingerprint density at radius 3 is 2.91 bits per heavy atom. The third-order valence-corrected chi connectivity index (χ3v) is 7.71. The zero-order valence-corrected chi connectivity index (χ0v) is 20.9. The van der Waals surface area contributed by atoms with E-state index in [1.807, 2.05) is 4.98 Å². The van der Waals surface area contributed by atoms with Gasteiger partial charge in [0.25, 0.3) is 5.56 Å². The predicted molar refractivity (Wildman–Crippen MR) is 119 cm³/mol. The molecule has 35 heavy (non-hydrogen) atoms. The summed E-state index contributed by atoms with van der Waals surface area (Å²) in [5.41, 5.74) is -0.110. The molecule has 2 aliphatic heterocycles. The van der Waals surface area contributed by atoms with E-state index in [2.05, 4.69) is 26.0 Å². The Kier molecular flexibility index (Phi) is 7.01. The highest BCUT2D eigenvalue weighted by Gasteiger charge is 2.57. The van der Waals surface area contributed by atoms with Crippen molar-refractivity contribution in [3.63, 3.8) is 0 Å². The Bertz CT molecular complexity index is 1320. The number of carbonyl (C=O) groups excluding carboxylic acids is 1. The Morgan fingerprint density at radius 1 is 1.49 bits per heavy atom. The molecule has 1 fully saturated rings. The molecular weight excluding hydrogens is 558 g/mol. The zero-order chi connectivity index (χ0) is 25.5. The first-order chi connectivity index (χ1) is 16.4. The third-order valence-electron chi connectivity index (χ3n) is 5.39. The van der Waals surface area contributed by atoms with Gasteiger partial charge in [0.2, 0.25) is 4.58 Å². The summed E-state index contributed by atoms with van der Waals surface area (Å²) in [6.07, 6.45) is -2.33. The summed E-state index contributed by atoms with van der Waals surface area (Å²) in [4.78, 5) is 40.6. The van der Waals surface area contributed by atoms with Gasteiger partial charge >= 0.3 is 19.4 Å². The predicted octanol–water partition coefficient (Wildman–Crippen LogP) is 0.929. The Balaban J connectivity index is 1.49. The molecule has 2 aromatic heterocycles. The van der Waals surface area contributed by atoms with Crippen LogP contribution in [0.25, 0.3) is 0 Å². The van der Waals surface area contributed by atoms with Gasteiger partial charge in [-0.1, -0.05) is 0 Å². The molecule has 2 aliphatic rings. The van der Waals surface area contributed by atoms with Gasteiger partial charge in [0.1, 0.15) is 18.8 Å². The number of H-pyrrole nitrogens is 1. The molecule has 190 valence electrons. The van der Waals surface area contributed by atoms with E-state index in [-0.39, 0.29) is 18.9 Å². The maximum Gasteiger partial charge on any atom is 0.459 e. The number of aryl methyl sites for hydroxylation is 1. The van der Waals surface area contributed by atoms with E-state index < -0.39 is 54.6 Å². The van der Waals surface area contributed by atoms with Gasteiger partial charge in [-0.3, -0.25) is 28.6 Å². The SMILES string of the molecule is CC(=O)OCc1cnc(C)c2c1CNP(=O)(OC[C@H]1O[C@@H](n3ccc(=O)[nH]c3=O)C(F)(Br)C1O)O2. The number of halogens is 2. The van der Waals surface area contributed by atoms with Gasteiger partial charge < -0.3 is 19.1 Å². The number of esters is 1. The van der Waals surface area contributed by atoms with Gasteiger partial charge in [-0.25, -0.2) is 18.8 Å². The Labute approximate surface area is 205 Å². The van der Waals surface area contributed by atoms with Gasteiger partial charge in [0.05, 0.1) is 12.3 Å². The Hall–Kier alpha value is -2.42. The second-order valence-electron chi connectivity index (χ2n) is 7.84. The monoisotopic (exact) mass is 578 g/mol. The molecule has 0 radical (unpaired) electrons. The highest BCUT2D eigenvalue weighted by atomic mass is 79.9. The number of carbonyl (C=O) groups is 1. The molecule has 4 heterocycles. The molecule has 0 aromatic carbocycles. The maximum absolute atomic E-state index is 15.2. The number of nitrogens with one attached hydrogen (secondary N) is 2. The van der Waals surface area contributed by atoms with Crippen LogP contribution < -0.4 is 20.9 Å². The lowest BCUT2D eigenvalue weighted by molar-refractivity contribution is -0.142. The fourth-order valence-electron chi connectivity index (χ4n) is 3.58. The molecule has 1 saturated heterocycles. The Morgan fingerprint density at radius 2 is 2.23 bits per heavy atom. The van der Waals surface area contributed by atoms with E-state index >= 15 is 4.39 Å². The van der Waals surface area contributed by atoms with Crippen LogP contribution in [0.4, 0.5) is 4.39 Å². The van der Waals surface area contributed by atoms with Crippen molar-refractivity contribution in [2.75, 3.05) is 6.61 Å². The molecule has 3 N–H and O–H groups in total. The summed E-state index contributed by atoms with van der Waals surface area (Å²) in [7, 11) is -4.00. The van der Waals surface area contributed by atoms with Crippen molar-refractivity contribution in [3.05, 3.63) is 56.1 Å². The van der Waals surface area contributed by atoms with E-state index in [9.17, 15) is 24.1 Å². The van der Waals surface area contributed by atoms with Crippen LogP contribution in [-0.2, 0) is 36.5 Å². The number of ether oxygens (including phenoxy) is 2. The summed E-state index contributed by atoms with van der Waals surface area (Å²) in [5, 5.41) is 13.1. The number of hydrogen-bond acceptors (Lipinski definition) is 10. The van der Waals surface area contributed by atoms with E-state index in [1.54, 1.807) is 6.92 Å². The quantitative estimate of drug-likeness (QED) is 0.253. The number of aliphatic hydroxyl groups excluding tert-OH is 1. The molecule has 3 unspecified atom stereocenters. The van der Waals surface area contributed by atoms with Crippen molar-refractivity contribution in [1.82, 2.24) is 19.6 Å². The second-order valence-corrected chi connectivity index (χ2v) is 10.8. The number of pyridine rings is 1. The summed E-state index contributed by atoms with van der Waals surface area (Å²) < 4.78 is 48.0. The van der Waals surface area contributed by atoms with E-state index in [0.29, 0.717) is 16.8 Å². The topological polar surface area (TPSA) is 171 Å². The molecule has 0 amide bonds. The average molecular weight is 579 g/mol. The van der Waals surface area contributed by atoms with E-state index in [1.165, 1.54) is 13.1 Å². The van der Waals surface area contributed by atoms with Crippen molar-refractivity contribution in [1.29, 1.82) is 0 Å². The number of nitrogens with zero attached hydrogens (tertiary/aromatic N) is 2. The third kappa shape index (κ3) is 5.10. The van der Waals surface area contributed by atoms with Gasteiger partial charge in [-0.2, -0.15) is 0 Å². The summed E-state index contributed by atoms with van der Waals surface area (Å²) in [6, 6.07) is 0.992. The highest BCUT2D eigenvalue weighted by molar-refractivity contribution is 9.10. The summed E-state index contributed by atoms with van der Waals surface area (Å²) in [6.45, 7) is 2.29. The number of rotatable bonds is 6. The first-order valence-electron chi connectivity index (χ1n) is 10.2. The van der Waals surface area contributed by atoms with Crippen molar-refractivity contribution in [2.24, 2.45) is 0 Å². The van der Waals surface area contributed by atoms with Crippen molar-refractivity contribution < 1.29 is 37.4 Å². The average Bonchev–Trinajstić information content (AvgIpc) is 3.01. The number of aromatic amines is 1. The van der Waals surface area contributed by atoms with Gasteiger partial charge in [-0.05, 0) is 22.9 Å². The van der Waals surface area contributed by atoms with E-state index in [0.717, 1.165) is 16.8 Å². The van der Waals surface area contributed by atoms with Crippen molar-refractivity contribution in [2.45, 2.75) is 50.0 Å². The summed E-state index contributed by atoms with van der Waals surface area (Å²) >= 11 is 2.74. The van der Waals surface area contributed by atoms with Crippen LogP contribution in [-0.4, -0.2) is 49.0 Å². The molecule has 4 rings (SSSR count). The van der Waals surface area contributed by atoms with Crippen LogP contribution in [0.3, 0.4) is 0 Å². The first-order valence-corrected chi connectivity index (χ1v) is 12.6. The highest BCUT2D eigenvalue weighted by Crippen LogP contribution is 2.52. The van der Waals surface area contributed by atoms with Crippen LogP contribution in [0, 0.1) is 6.92 Å². The van der Waals surface area contributed by atoms with Crippen LogP contribution in [0.1, 0.15) is 30.0 Å². The lowest BCUT2D eigenvalue weighted by Gasteiger charge is -2.29. The zero-order valence-electron chi connectivity index (χ0n) is 18.4. The molecular formula is C19H21BrFN4O9P. The van der Waals surface area contributed by atoms with E-state index in [4.69, 9.17) is 18.5 Å². The van der Waals surface area contributed by atoms with Crippen molar-refractivity contribution >= 4 is 29.6 Å². The fourth-order valence-corrected chi connectivity index (χ4v) is 5.59. The second kappa shape index (κ2) is 9.56. The number of alkyl halides is 2. The lowest BCUT2D eigenvalue weighted by Crippen LogP contribution is -2.41. The maximum atomic E-state index is 15.2. The first kappa shape index (κ1) is 25.7. The molecule has 0 bridgehead atoms. The molecule has 2 aromatic rings. The lowest BCUT2D eigenvalue weighted by atomic mass is 10.1. The number of hydrogen-bond donors (Lipinski definition) is 3. The molecule has 16 heteroatoms. The molecule has 5 atom stereocenters.